The van der Waals surface area contributed by atoms with Crippen LogP contribution in [0.25, 0.3) is 6.08 Å². The van der Waals surface area contributed by atoms with Gasteiger partial charge in [-0.3, -0.25) is 14.6 Å². The summed E-state index contributed by atoms with van der Waals surface area (Å²) in [5.41, 5.74) is 1.37. The van der Waals surface area contributed by atoms with Crippen LogP contribution in [0.15, 0.2) is 54.9 Å². The first-order valence-electron chi connectivity index (χ1n) is 8.56. The summed E-state index contributed by atoms with van der Waals surface area (Å²) in [4.78, 5) is 30.2. The number of likely N-dealkylation sites (tertiary alicyclic amines) is 1. The molecular formula is C20H20ClN3O2. The predicted molar refractivity (Wildman–Crippen MR) is 102 cm³/mol. The summed E-state index contributed by atoms with van der Waals surface area (Å²) in [5.74, 6) is -0.163. The van der Waals surface area contributed by atoms with Crippen molar-refractivity contribution >= 4 is 29.5 Å². The van der Waals surface area contributed by atoms with Crippen LogP contribution in [-0.2, 0) is 4.79 Å². The molecule has 0 bridgehead atoms. The fourth-order valence-corrected chi connectivity index (χ4v) is 3.09. The van der Waals surface area contributed by atoms with Gasteiger partial charge in [0, 0.05) is 42.6 Å². The number of rotatable bonds is 4. The summed E-state index contributed by atoms with van der Waals surface area (Å²) in [5, 5.41) is 3.63. The number of halogens is 1. The molecule has 3 rings (SSSR count). The molecule has 0 unspecified atom stereocenters. The van der Waals surface area contributed by atoms with E-state index < -0.39 is 0 Å². The van der Waals surface area contributed by atoms with E-state index in [1.54, 1.807) is 47.6 Å². The Hall–Kier alpha value is -2.66. The zero-order valence-corrected chi connectivity index (χ0v) is 15.0. The first-order chi connectivity index (χ1) is 12.6. The summed E-state index contributed by atoms with van der Waals surface area (Å²) >= 11 is 6.09. The van der Waals surface area contributed by atoms with Crippen LogP contribution in [0.1, 0.15) is 28.8 Å². The van der Waals surface area contributed by atoms with Crippen molar-refractivity contribution in [3.05, 3.63) is 71.0 Å². The van der Waals surface area contributed by atoms with E-state index in [1.165, 1.54) is 0 Å². The predicted octanol–water partition coefficient (Wildman–Crippen LogP) is 3.17. The van der Waals surface area contributed by atoms with E-state index in [0.29, 0.717) is 23.7 Å². The van der Waals surface area contributed by atoms with Crippen molar-refractivity contribution in [1.29, 1.82) is 0 Å². The Bertz CT molecular complexity index is 800. The van der Waals surface area contributed by atoms with Crippen molar-refractivity contribution in [2.75, 3.05) is 13.1 Å². The van der Waals surface area contributed by atoms with Crippen LogP contribution in [0.2, 0.25) is 5.02 Å². The molecule has 2 heterocycles. The van der Waals surface area contributed by atoms with Gasteiger partial charge in [-0.25, -0.2) is 0 Å². The van der Waals surface area contributed by atoms with Crippen molar-refractivity contribution in [2.45, 2.75) is 18.9 Å². The Morgan fingerprint density at radius 1 is 1.15 bits per heavy atom. The summed E-state index contributed by atoms with van der Waals surface area (Å²) in [6.07, 6.45) is 7.94. The molecule has 1 aromatic carbocycles. The molecule has 1 aliphatic rings. The Morgan fingerprint density at radius 3 is 2.62 bits per heavy atom. The van der Waals surface area contributed by atoms with Gasteiger partial charge < -0.3 is 10.2 Å². The molecule has 0 spiro atoms. The van der Waals surface area contributed by atoms with Crippen LogP contribution < -0.4 is 5.32 Å². The zero-order chi connectivity index (χ0) is 18.4. The molecule has 1 aliphatic heterocycles. The Morgan fingerprint density at radius 2 is 1.92 bits per heavy atom. The molecular weight excluding hydrogens is 350 g/mol. The second kappa shape index (κ2) is 8.63. The average Bonchev–Trinajstić information content (AvgIpc) is 2.68. The number of piperidine rings is 1. The molecule has 5 nitrogen and oxygen atoms in total. The normalized spacial score (nSPS) is 15.2. The van der Waals surface area contributed by atoms with Crippen LogP contribution in [0.4, 0.5) is 0 Å². The molecule has 1 N–H and O–H groups in total. The lowest BCUT2D eigenvalue weighted by Gasteiger charge is -2.31. The largest absolute Gasteiger partial charge is 0.349 e. The second-order valence-corrected chi connectivity index (χ2v) is 6.58. The number of hydrogen-bond acceptors (Lipinski definition) is 3. The number of carbonyl (C=O) groups is 2. The summed E-state index contributed by atoms with van der Waals surface area (Å²) in [6, 6.07) is 10.9. The lowest BCUT2D eigenvalue weighted by Crippen LogP contribution is -2.46. The van der Waals surface area contributed by atoms with Crippen LogP contribution in [0.3, 0.4) is 0 Å². The fourth-order valence-electron chi connectivity index (χ4n) is 2.89. The van der Waals surface area contributed by atoms with E-state index in [2.05, 4.69) is 10.3 Å². The minimum absolute atomic E-state index is 0.0399. The number of pyridine rings is 1. The van der Waals surface area contributed by atoms with Gasteiger partial charge in [0.2, 0.25) is 5.91 Å². The molecule has 1 fully saturated rings. The third-order valence-electron chi connectivity index (χ3n) is 4.38. The van der Waals surface area contributed by atoms with Gasteiger partial charge in [-0.2, -0.15) is 0 Å². The zero-order valence-electron chi connectivity index (χ0n) is 14.3. The fraction of sp³-hybridized carbons (Fsp3) is 0.250. The molecule has 134 valence electrons. The van der Waals surface area contributed by atoms with E-state index >= 15 is 0 Å². The van der Waals surface area contributed by atoms with Crippen molar-refractivity contribution in [1.82, 2.24) is 15.2 Å². The topological polar surface area (TPSA) is 62.3 Å². The maximum Gasteiger partial charge on any atom is 0.253 e. The Labute approximate surface area is 157 Å². The van der Waals surface area contributed by atoms with Gasteiger partial charge >= 0.3 is 0 Å². The highest BCUT2D eigenvalue weighted by atomic mass is 35.5. The van der Waals surface area contributed by atoms with Crippen LogP contribution >= 0.6 is 11.6 Å². The molecule has 1 aromatic heterocycles. The molecule has 0 aliphatic carbocycles. The van der Waals surface area contributed by atoms with Crippen LogP contribution in [-0.4, -0.2) is 40.8 Å². The SMILES string of the molecule is O=C(NC1CCN(C(=O)/C=C/c2ccccc2Cl)CC1)c1cccnc1. The maximum atomic E-state index is 12.3. The highest BCUT2D eigenvalue weighted by Crippen LogP contribution is 2.17. The van der Waals surface area contributed by atoms with Crippen molar-refractivity contribution < 1.29 is 9.59 Å². The quantitative estimate of drug-likeness (QED) is 0.842. The van der Waals surface area contributed by atoms with Gasteiger partial charge in [-0.15, -0.1) is 0 Å². The average molecular weight is 370 g/mol. The first-order valence-corrected chi connectivity index (χ1v) is 8.93. The molecule has 0 saturated carbocycles. The third kappa shape index (κ3) is 4.70. The summed E-state index contributed by atoms with van der Waals surface area (Å²) < 4.78 is 0. The summed E-state index contributed by atoms with van der Waals surface area (Å²) in [7, 11) is 0. The minimum atomic E-state index is -0.124. The third-order valence-corrected chi connectivity index (χ3v) is 4.72. The highest BCUT2D eigenvalue weighted by Gasteiger charge is 2.23. The number of amides is 2. The number of benzene rings is 1. The minimum Gasteiger partial charge on any atom is -0.349 e. The molecule has 0 atom stereocenters. The molecule has 26 heavy (non-hydrogen) atoms. The number of carbonyl (C=O) groups excluding carboxylic acids is 2. The number of nitrogens with zero attached hydrogens (tertiary/aromatic N) is 2. The Kier molecular flexibility index (Phi) is 6.02. The lowest BCUT2D eigenvalue weighted by molar-refractivity contribution is -0.126. The van der Waals surface area contributed by atoms with Crippen LogP contribution in [0, 0.1) is 0 Å². The van der Waals surface area contributed by atoms with Crippen molar-refractivity contribution in [2.24, 2.45) is 0 Å². The standard InChI is InChI=1S/C20H20ClN3O2/c21-18-6-2-1-4-15(18)7-8-19(25)24-12-9-17(10-13-24)23-20(26)16-5-3-11-22-14-16/h1-8,11,14,17H,9-10,12-13H2,(H,23,26)/b8-7+. The van der Waals surface area contributed by atoms with E-state index in [4.69, 9.17) is 11.6 Å². The highest BCUT2D eigenvalue weighted by molar-refractivity contribution is 6.32. The lowest BCUT2D eigenvalue weighted by atomic mass is 10.0. The van der Waals surface area contributed by atoms with Gasteiger partial charge in [-0.1, -0.05) is 29.8 Å². The summed E-state index contributed by atoms with van der Waals surface area (Å²) in [6.45, 7) is 1.23. The van der Waals surface area contributed by atoms with Gasteiger partial charge in [0.1, 0.15) is 0 Å². The Balaban J connectivity index is 1.49. The number of aromatic nitrogens is 1. The molecule has 1 saturated heterocycles. The maximum absolute atomic E-state index is 12.3. The first kappa shape index (κ1) is 18.1. The monoisotopic (exact) mass is 369 g/mol. The van der Waals surface area contributed by atoms with Crippen molar-refractivity contribution in [3.8, 4) is 0 Å². The van der Waals surface area contributed by atoms with E-state index in [1.807, 2.05) is 18.2 Å². The number of hydrogen-bond donors (Lipinski definition) is 1. The number of nitrogens with one attached hydrogen (secondary N) is 1. The molecule has 2 aromatic rings. The van der Waals surface area contributed by atoms with E-state index in [0.717, 1.165) is 18.4 Å². The van der Waals surface area contributed by atoms with Gasteiger partial charge in [0.15, 0.2) is 0 Å². The van der Waals surface area contributed by atoms with E-state index in [9.17, 15) is 9.59 Å². The van der Waals surface area contributed by atoms with Crippen LogP contribution in [0.5, 0.6) is 0 Å². The second-order valence-electron chi connectivity index (χ2n) is 6.17. The molecule has 6 heteroatoms. The van der Waals surface area contributed by atoms with Gasteiger partial charge in [0.05, 0.1) is 5.56 Å². The van der Waals surface area contributed by atoms with Gasteiger partial charge in [0.25, 0.3) is 5.91 Å². The van der Waals surface area contributed by atoms with Crippen molar-refractivity contribution in [3.63, 3.8) is 0 Å². The smallest absolute Gasteiger partial charge is 0.253 e. The molecule has 0 radical (unpaired) electrons. The molecule has 2 amide bonds. The van der Waals surface area contributed by atoms with Gasteiger partial charge in [-0.05, 0) is 42.7 Å². The van der Waals surface area contributed by atoms with E-state index in [-0.39, 0.29) is 17.9 Å².